The number of rotatable bonds is 5. The molecular weight excluding hydrogens is 414 g/mol. The van der Waals surface area contributed by atoms with Crippen LogP contribution < -0.4 is 5.32 Å². The lowest BCUT2D eigenvalue weighted by Gasteiger charge is -2.33. The summed E-state index contributed by atoms with van der Waals surface area (Å²) in [7, 11) is -3.05. The molecule has 1 unspecified atom stereocenters. The van der Waals surface area contributed by atoms with E-state index in [0.717, 1.165) is 31.5 Å². The summed E-state index contributed by atoms with van der Waals surface area (Å²) in [6.07, 6.45) is 2.04. The largest absolute Gasteiger partial charge is 0.339 e. The normalized spacial score (nSPS) is 19.7. The minimum absolute atomic E-state index is 0.0190. The zero-order chi connectivity index (χ0) is 21.8. The van der Waals surface area contributed by atoms with Gasteiger partial charge in [-0.25, -0.2) is 8.42 Å². The van der Waals surface area contributed by atoms with Gasteiger partial charge in [0, 0.05) is 37.4 Å². The summed E-state index contributed by atoms with van der Waals surface area (Å²) in [4.78, 5) is 29.8. The maximum atomic E-state index is 13.3. The Morgan fingerprint density at radius 1 is 0.871 bits per heavy atom. The lowest BCUT2D eigenvalue weighted by Crippen LogP contribution is -2.46. The Kier molecular flexibility index (Phi) is 6.38. The maximum absolute atomic E-state index is 13.3. The molecule has 2 amide bonds. The minimum Gasteiger partial charge on any atom is -0.339 e. The van der Waals surface area contributed by atoms with Gasteiger partial charge in [-0.3, -0.25) is 14.5 Å². The average Bonchev–Trinajstić information content (AvgIpc) is 3.30. The lowest BCUT2D eigenvalue weighted by atomic mass is 10.0. The molecule has 4 rings (SSSR count). The van der Waals surface area contributed by atoms with Gasteiger partial charge in [-0.2, -0.15) is 0 Å². The van der Waals surface area contributed by atoms with Crippen LogP contribution in [0.25, 0.3) is 0 Å². The monoisotopic (exact) mass is 441 g/mol. The third-order valence-electron chi connectivity index (χ3n) is 5.88. The van der Waals surface area contributed by atoms with Gasteiger partial charge in [0.1, 0.15) is 6.04 Å². The number of sulfone groups is 1. The van der Waals surface area contributed by atoms with Crippen LogP contribution in [-0.4, -0.2) is 67.7 Å². The number of hydrogen-bond acceptors (Lipinski definition) is 5. The van der Waals surface area contributed by atoms with E-state index in [1.165, 1.54) is 0 Å². The van der Waals surface area contributed by atoms with Crippen LogP contribution in [0.5, 0.6) is 0 Å². The second-order valence-corrected chi connectivity index (χ2v) is 10.4. The van der Waals surface area contributed by atoms with E-state index in [-0.39, 0.29) is 23.3 Å². The van der Waals surface area contributed by atoms with Gasteiger partial charge < -0.3 is 10.2 Å². The molecule has 0 spiro atoms. The molecule has 2 aromatic carbocycles. The van der Waals surface area contributed by atoms with E-state index in [1.807, 2.05) is 40.1 Å². The molecule has 0 saturated carbocycles. The number of anilines is 1. The van der Waals surface area contributed by atoms with E-state index in [1.54, 1.807) is 24.3 Å². The molecule has 164 valence electrons. The van der Waals surface area contributed by atoms with Crippen LogP contribution in [-0.2, 0) is 14.6 Å². The summed E-state index contributed by atoms with van der Waals surface area (Å²) in [6, 6.07) is 15.8. The van der Waals surface area contributed by atoms with Crippen molar-refractivity contribution in [3.63, 3.8) is 0 Å². The molecule has 2 fully saturated rings. The smallest absolute Gasteiger partial charge is 0.253 e. The highest BCUT2D eigenvalue weighted by Crippen LogP contribution is 2.25. The van der Waals surface area contributed by atoms with Crippen molar-refractivity contribution in [2.45, 2.75) is 18.9 Å². The first-order chi connectivity index (χ1) is 14.9. The van der Waals surface area contributed by atoms with Crippen LogP contribution in [0, 0.1) is 0 Å². The maximum Gasteiger partial charge on any atom is 0.253 e. The molecule has 2 heterocycles. The number of nitrogens with one attached hydrogen (secondary N) is 1. The fraction of sp³-hybridized carbons (Fsp3) is 0.391. The fourth-order valence-electron chi connectivity index (χ4n) is 4.19. The predicted molar refractivity (Wildman–Crippen MR) is 120 cm³/mol. The number of benzene rings is 2. The number of amides is 2. The molecule has 31 heavy (non-hydrogen) atoms. The van der Waals surface area contributed by atoms with Gasteiger partial charge in [0.05, 0.1) is 11.5 Å². The zero-order valence-corrected chi connectivity index (χ0v) is 18.2. The van der Waals surface area contributed by atoms with Gasteiger partial charge >= 0.3 is 0 Å². The van der Waals surface area contributed by atoms with Gasteiger partial charge in [-0.05, 0) is 36.6 Å². The molecule has 2 aliphatic rings. The molecule has 0 bridgehead atoms. The standard InChI is InChI=1S/C23H27N3O4S/c27-22(24-20-10-6-9-19(17-20)23(28)26-11-4-5-12-26)21(18-7-2-1-3-8-18)25-13-15-31(29,30)16-14-25/h1-3,6-10,17,21H,4-5,11-16H2,(H,24,27). The molecule has 0 aliphatic carbocycles. The molecule has 7 nitrogen and oxygen atoms in total. The van der Waals surface area contributed by atoms with Crippen molar-refractivity contribution >= 4 is 27.3 Å². The van der Waals surface area contributed by atoms with Crippen LogP contribution in [0.15, 0.2) is 54.6 Å². The van der Waals surface area contributed by atoms with Gasteiger partial charge in [0.15, 0.2) is 9.84 Å². The second-order valence-electron chi connectivity index (χ2n) is 8.07. The van der Waals surface area contributed by atoms with E-state index < -0.39 is 15.9 Å². The Balaban J connectivity index is 1.54. The van der Waals surface area contributed by atoms with Gasteiger partial charge in [-0.1, -0.05) is 36.4 Å². The van der Waals surface area contributed by atoms with Crippen molar-refractivity contribution < 1.29 is 18.0 Å². The van der Waals surface area contributed by atoms with Crippen molar-refractivity contribution in [2.75, 3.05) is 43.0 Å². The minimum atomic E-state index is -3.05. The summed E-state index contributed by atoms with van der Waals surface area (Å²) >= 11 is 0. The third-order valence-corrected chi connectivity index (χ3v) is 7.49. The van der Waals surface area contributed by atoms with Crippen LogP contribution in [0.4, 0.5) is 5.69 Å². The quantitative estimate of drug-likeness (QED) is 0.770. The van der Waals surface area contributed by atoms with Crippen LogP contribution in [0.2, 0.25) is 0 Å². The Labute approximate surface area is 183 Å². The average molecular weight is 442 g/mol. The van der Waals surface area contributed by atoms with Gasteiger partial charge in [-0.15, -0.1) is 0 Å². The summed E-state index contributed by atoms with van der Waals surface area (Å²) in [5.41, 5.74) is 1.92. The van der Waals surface area contributed by atoms with E-state index in [4.69, 9.17) is 0 Å². The SMILES string of the molecule is O=C(Nc1cccc(C(=O)N2CCCC2)c1)C(c1ccccc1)N1CCS(=O)(=O)CC1. The molecular formula is C23H27N3O4S. The van der Waals surface area contributed by atoms with E-state index in [0.29, 0.717) is 24.3 Å². The van der Waals surface area contributed by atoms with Crippen molar-refractivity contribution in [1.82, 2.24) is 9.80 Å². The van der Waals surface area contributed by atoms with E-state index in [9.17, 15) is 18.0 Å². The first-order valence-corrected chi connectivity index (χ1v) is 12.4. The molecule has 0 radical (unpaired) electrons. The summed E-state index contributed by atoms with van der Waals surface area (Å²) < 4.78 is 23.7. The van der Waals surface area contributed by atoms with Crippen molar-refractivity contribution in [3.8, 4) is 0 Å². The Bertz CT molecular complexity index is 1040. The van der Waals surface area contributed by atoms with Crippen molar-refractivity contribution in [3.05, 3.63) is 65.7 Å². The molecule has 0 aromatic heterocycles. The lowest BCUT2D eigenvalue weighted by molar-refractivity contribution is -0.121. The molecule has 2 aliphatic heterocycles. The van der Waals surface area contributed by atoms with Gasteiger partial charge in [0.25, 0.3) is 5.91 Å². The third kappa shape index (κ3) is 5.14. The second kappa shape index (κ2) is 9.20. The number of hydrogen-bond donors (Lipinski definition) is 1. The van der Waals surface area contributed by atoms with E-state index in [2.05, 4.69) is 5.32 Å². The molecule has 2 aromatic rings. The first kappa shape index (κ1) is 21.5. The molecule has 2 saturated heterocycles. The molecule has 8 heteroatoms. The molecule has 1 N–H and O–H groups in total. The summed E-state index contributed by atoms with van der Waals surface area (Å²) in [5, 5.41) is 2.94. The molecule has 1 atom stereocenters. The first-order valence-electron chi connectivity index (χ1n) is 10.6. The van der Waals surface area contributed by atoms with Gasteiger partial charge in [0.2, 0.25) is 5.91 Å². The number of carbonyl (C=O) groups is 2. The van der Waals surface area contributed by atoms with E-state index >= 15 is 0 Å². The number of nitrogens with zero attached hydrogens (tertiary/aromatic N) is 2. The van der Waals surface area contributed by atoms with Crippen molar-refractivity contribution in [2.24, 2.45) is 0 Å². The number of carbonyl (C=O) groups excluding carboxylic acids is 2. The highest BCUT2D eigenvalue weighted by Gasteiger charge is 2.32. The summed E-state index contributed by atoms with van der Waals surface area (Å²) in [5.74, 6) is -0.168. The highest BCUT2D eigenvalue weighted by atomic mass is 32.2. The highest BCUT2D eigenvalue weighted by molar-refractivity contribution is 7.91. The van der Waals surface area contributed by atoms with Crippen LogP contribution in [0.3, 0.4) is 0 Å². The Morgan fingerprint density at radius 3 is 2.23 bits per heavy atom. The predicted octanol–water partition coefficient (Wildman–Crippen LogP) is 2.33. The topological polar surface area (TPSA) is 86.8 Å². The van der Waals surface area contributed by atoms with Crippen LogP contribution >= 0.6 is 0 Å². The van der Waals surface area contributed by atoms with Crippen LogP contribution in [0.1, 0.15) is 34.8 Å². The Hall–Kier alpha value is -2.71. The zero-order valence-electron chi connectivity index (χ0n) is 17.4. The fourth-order valence-corrected chi connectivity index (χ4v) is 5.42. The number of likely N-dealkylation sites (tertiary alicyclic amines) is 1. The summed E-state index contributed by atoms with van der Waals surface area (Å²) in [6.45, 7) is 2.15. The van der Waals surface area contributed by atoms with Crippen molar-refractivity contribution in [1.29, 1.82) is 0 Å². The Morgan fingerprint density at radius 2 is 1.55 bits per heavy atom.